The highest BCUT2D eigenvalue weighted by Gasteiger charge is 2.36. The summed E-state index contributed by atoms with van der Waals surface area (Å²) in [5, 5.41) is 4.44. The predicted molar refractivity (Wildman–Crippen MR) is 79.7 cm³/mol. The van der Waals surface area contributed by atoms with Crippen molar-refractivity contribution in [2.45, 2.75) is 63.0 Å². The summed E-state index contributed by atoms with van der Waals surface area (Å²) in [7, 11) is 0. The Morgan fingerprint density at radius 1 is 1.32 bits per heavy atom. The van der Waals surface area contributed by atoms with Gasteiger partial charge in [0.05, 0.1) is 0 Å². The Kier molecular flexibility index (Phi) is 4.66. The van der Waals surface area contributed by atoms with Crippen LogP contribution in [0, 0.1) is 0 Å². The van der Waals surface area contributed by atoms with Crippen molar-refractivity contribution in [3.05, 3.63) is 0 Å². The summed E-state index contributed by atoms with van der Waals surface area (Å²) >= 11 is 1.96. The van der Waals surface area contributed by atoms with E-state index in [1.165, 1.54) is 19.3 Å². The Labute approximate surface area is 120 Å². The Hall–Kier alpha value is -0.420. The molecule has 2 aliphatic rings. The number of carbonyl (C=O) groups is 1. The van der Waals surface area contributed by atoms with Crippen molar-refractivity contribution in [1.29, 1.82) is 0 Å². The van der Waals surface area contributed by atoms with Crippen LogP contribution in [0.1, 0.15) is 40.0 Å². The topological polar surface area (TPSA) is 41.6 Å². The minimum Gasteiger partial charge on any atom is -0.444 e. The van der Waals surface area contributed by atoms with Gasteiger partial charge in [0.15, 0.2) is 0 Å². The van der Waals surface area contributed by atoms with Crippen LogP contribution in [0.5, 0.6) is 0 Å². The van der Waals surface area contributed by atoms with Crippen molar-refractivity contribution >= 4 is 17.9 Å². The normalized spacial score (nSPS) is 28.3. The molecule has 19 heavy (non-hydrogen) atoms. The van der Waals surface area contributed by atoms with Crippen molar-refractivity contribution in [3.63, 3.8) is 0 Å². The largest absolute Gasteiger partial charge is 0.444 e. The molecule has 0 bridgehead atoms. The molecule has 2 rings (SSSR count). The number of nitrogens with zero attached hydrogens (tertiary/aromatic N) is 1. The molecule has 1 heterocycles. The molecule has 0 radical (unpaired) electrons. The number of carbonyl (C=O) groups excluding carboxylic acids is 1. The van der Waals surface area contributed by atoms with E-state index in [1.54, 1.807) is 4.90 Å². The van der Waals surface area contributed by atoms with Gasteiger partial charge in [-0.2, -0.15) is 11.8 Å². The summed E-state index contributed by atoms with van der Waals surface area (Å²) < 4.78 is 5.36. The fraction of sp³-hybridized carbons (Fsp3) is 0.929. The van der Waals surface area contributed by atoms with E-state index in [2.05, 4.69) is 11.6 Å². The van der Waals surface area contributed by atoms with Gasteiger partial charge in [0, 0.05) is 30.4 Å². The number of rotatable bonds is 3. The first-order valence-electron chi connectivity index (χ1n) is 7.16. The molecule has 1 aliphatic carbocycles. The fourth-order valence-electron chi connectivity index (χ4n) is 2.76. The Balaban J connectivity index is 1.70. The zero-order valence-electron chi connectivity index (χ0n) is 12.4. The predicted octanol–water partition coefficient (Wildman–Crippen LogP) is 2.48. The van der Waals surface area contributed by atoms with Gasteiger partial charge in [-0.15, -0.1) is 0 Å². The number of hydrogen-bond donors (Lipinski definition) is 1. The minimum atomic E-state index is -0.398. The first-order valence-corrected chi connectivity index (χ1v) is 8.44. The average Bonchev–Trinajstić information content (AvgIpc) is 2.66. The van der Waals surface area contributed by atoms with Crippen molar-refractivity contribution in [1.82, 2.24) is 10.2 Å². The number of hydrogen-bond acceptors (Lipinski definition) is 4. The maximum atomic E-state index is 11.8. The van der Waals surface area contributed by atoms with Crippen LogP contribution in [0.15, 0.2) is 0 Å². The summed E-state index contributed by atoms with van der Waals surface area (Å²) in [5.74, 6) is 0. The molecular weight excluding hydrogens is 260 g/mol. The molecule has 2 unspecified atom stereocenters. The van der Waals surface area contributed by atoms with Crippen molar-refractivity contribution in [2.24, 2.45) is 0 Å². The van der Waals surface area contributed by atoms with E-state index in [-0.39, 0.29) is 6.09 Å². The second-order valence-corrected chi connectivity index (χ2v) is 7.64. The van der Waals surface area contributed by atoms with Gasteiger partial charge in [-0.25, -0.2) is 4.79 Å². The third-order valence-electron chi connectivity index (χ3n) is 3.74. The van der Waals surface area contributed by atoms with Gasteiger partial charge in [-0.1, -0.05) is 6.42 Å². The molecule has 0 aromatic carbocycles. The summed E-state index contributed by atoms with van der Waals surface area (Å²) in [4.78, 5) is 13.6. The summed E-state index contributed by atoms with van der Waals surface area (Å²) in [6.07, 6.45) is 5.93. The molecular formula is C14H26N2O2S. The third kappa shape index (κ3) is 4.02. The van der Waals surface area contributed by atoms with Gasteiger partial charge in [0.2, 0.25) is 0 Å². The van der Waals surface area contributed by atoms with Crippen molar-refractivity contribution in [2.75, 3.05) is 19.3 Å². The van der Waals surface area contributed by atoms with Crippen LogP contribution in [-0.4, -0.2) is 53.3 Å². The molecule has 0 spiro atoms. The van der Waals surface area contributed by atoms with Gasteiger partial charge in [0.1, 0.15) is 5.60 Å². The van der Waals surface area contributed by atoms with E-state index in [4.69, 9.17) is 4.74 Å². The highest BCUT2D eigenvalue weighted by Crippen LogP contribution is 2.29. The van der Waals surface area contributed by atoms with Gasteiger partial charge in [0.25, 0.3) is 0 Å². The molecule has 1 saturated heterocycles. The summed E-state index contributed by atoms with van der Waals surface area (Å²) in [5.41, 5.74) is -0.398. The van der Waals surface area contributed by atoms with Gasteiger partial charge < -0.3 is 15.0 Å². The van der Waals surface area contributed by atoms with E-state index in [0.29, 0.717) is 12.1 Å². The van der Waals surface area contributed by atoms with Gasteiger partial charge in [-0.3, -0.25) is 0 Å². The fourth-order valence-corrected chi connectivity index (χ4v) is 3.71. The first-order chi connectivity index (χ1) is 8.89. The molecule has 0 aromatic heterocycles. The Morgan fingerprint density at radius 2 is 2.00 bits per heavy atom. The van der Waals surface area contributed by atoms with Crippen LogP contribution in [0.3, 0.4) is 0 Å². The Bertz CT molecular complexity index is 324. The van der Waals surface area contributed by atoms with Crippen LogP contribution < -0.4 is 5.32 Å². The zero-order chi connectivity index (χ0) is 14.0. The minimum absolute atomic E-state index is 0.182. The van der Waals surface area contributed by atoms with Crippen molar-refractivity contribution in [3.8, 4) is 0 Å². The van der Waals surface area contributed by atoms with E-state index in [1.807, 2.05) is 32.5 Å². The Morgan fingerprint density at radius 3 is 2.58 bits per heavy atom. The van der Waals surface area contributed by atoms with Crippen LogP contribution >= 0.6 is 11.8 Å². The van der Waals surface area contributed by atoms with Gasteiger partial charge >= 0.3 is 6.09 Å². The molecule has 1 saturated carbocycles. The van der Waals surface area contributed by atoms with E-state index in [0.717, 1.165) is 18.3 Å². The van der Waals surface area contributed by atoms with E-state index < -0.39 is 5.60 Å². The molecule has 1 N–H and O–H groups in total. The standard InChI is InChI=1S/C14H26N2O2S/c1-14(2,3)18-13(17)16-8-10(9-16)15-11-6-5-7-12(11)19-4/h10-12,15H,5-9H2,1-4H3. The smallest absolute Gasteiger partial charge is 0.410 e. The van der Waals surface area contributed by atoms with Crippen LogP contribution in [0.25, 0.3) is 0 Å². The maximum Gasteiger partial charge on any atom is 0.410 e. The molecule has 1 aliphatic heterocycles. The molecule has 0 aromatic rings. The SMILES string of the molecule is CSC1CCCC1NC1CN(C(=O)OC(C)(C)C)C1. The third-order valence-corrected chi connectivity index (χ3v) is 4.91. The second-order valence-electron chi connectivity index (χ2n) is 6.56. The van der Waals surface area contributed by atoms with Crippen molar-refractivity contribution < 1.29 is 9.53 Å². The lowest BCUT2D eigenvalue weighted by molar-refractivity contribution is 0.00430. The molecule has 110 valence electrons. The number of ether oxygens (including phenoxy) is 1. The molecule has 5 heteroatoms. The number of amides is 1. The number of likely N-dealkylation sites (tertiary alicyclic amines) is 1. The highest BCUT2D eigenvalue weighted by molar-refractivity contribution is 7.99. The number of thioether (sulfide) groups is 1. The lowest BCUT2D eigenvalue weighted by atomic mass is 10.1. The number of nitrogens with one attached hydrogen (secondary N) is 1. The molecule has 2 atom stereocenters. The summed E-state index contributed by atoms with van der Waals surface area (Å²) in [6, 6.07) is 1.08. The zero-order valence-corrected chi connectivity index (χ0v) is 13.3. The molecule has 2 fully saturated rings. The monoisotopic (exact) mass is 286 g/mol. The lowest BCUT2D eigenvalue weighted by Crippen LogP contribution is -2.62. The second kappa shape index (κ2) is 5.92. The van der Waals surface area contributed by atoms with E-state index >= 15 is 0 Å². The highest BCUT2D eigenvalue weighted by atomic mass is 32.2. The molecule has 1 amide bonds. The van der Waals surface area contributed by atoms with Crippen LogP contribution in [0.4, 0.5) is 4.79 Å². The van der Waals surface area contributed by atoms with E-state index in [9.17, 15) is 4.79 Å². The average molecular weight is 286 g/mol. The van der Waals surface area contributed by atoms with Gasteiger partial charge in [-0.05, 0) is 39.9 Å². The molecule has 4 nitrogen and oxygen atoms in total. The summed E-state index contributed by atoms with van der Waals surface area (Å²) in [6.45, 7) is 7.28. The first kappa shape index (κ1) is 15.0. The van der Waals surface area contributed by atoms with Crippen LogP contribution in [0.2, 0.25) is 0 Å². The maximum absolute atomic E-state index is 11.8. The lowest BCUT2D eigenvalue weighted by Gasteiger charge is -2.42. The van der Waals surface area contributed by atoms with Crippen LogP contribution in [-0.2, 0) is 4.74 Å². The quantitative estimate of drug-likeness (QED) is 0.865.